The molecule has 3 rings (SSSR count). The van der Waals surface area contributed by atoms with Crippen LogP contribution in [0.5, 0.6) is 0 Å². The van der Waals surface area contributed by atoms with Crippen LogP contribution in [0.1, 0.15) is 6.92 Å². The number of hydrogen-bond donors (Lipinski definition) is 3. The van der Waals surface area contributed by atoms with Crippen molar-refractivity contribution in [2.24, 2.45) is 0 Å². The molecular formula is C19H18F2N4O. The van der Waals surface area contributed by atoms with Crippen molar-refractivity contribution in [3.8, 4) is 11.3 Å². The summed E-state index contributed by atoms with van der Waals surface area (Å²) in [5.74, 6) is -0.738. The van der Waals surface area contributed by atoms with E-state index in [4.69, 9.17) is 0 Å². The van der Waals surface area contributed by atoms with E-state index in [0.717, 1.165) is 17.7 Å². The van der Waals surface area contributed by atoms with Crippen LogP contribution >= 0.6 is 0 Å². The van der Waals surface area contributed by atoms with Crippen molar-refractivity contribution in [3.05, 3.63) is 66.2 Å². The summed E-state index contributed by atoms with van der Waals surface area (Å²) in [5, 5.41) is 15.1. The number of nitrogens with zero attached hydrogens (tertiary/aromatic N) is 2. The molecule has 3 aromatic rings. The third kappa shape index (κ3) is 4.31. The molecule has 0 radical (unpaired) electrons. The van der Waals surface area contributed by atoms with E-state index in [9.17, 15) is 13.9 Å². The maximum Gasteiger partial charge on any atom is 0.225 e. The summed E-state index contributed by atoms with van der Waals surface area (Å²) in [6.07, 6.45) is 0. The molecule has 0 spiro atoms. The number of anilines is 3. The zero-order chi connectivity index (χ0) is 18.5. The Morgan fingerprint density at radius 1 is 1.04 bits per heavy atom. The lowest BCUT2D eigenvalue weighted by atomic mass is 10.1. The van der Waals surface area contributed by atoms with Crippen LogP contribution in [-0.4, -0.2) is 27.7 Å². The Labute approximate surface area is 149 Å². The van der Waals surface area contributed by atoms with E-state index >= 15 is 0 Å². The molecule has 26 heavy (non-hydrogen) atoms. The Bertz CT molecular complexity index is 890. The van der Waals surface area contributed by atoms with Gasteiger partial charge in [-0.15, -0.1) is 0 Å². The lowest BCUT2D eigenvalue weighted by molar-refractivity contribution is 0.281. The molecule has 0 saturated carbocycles. The van der Waals surface area contributed by atoms with E-state index in [1.807, 2.05) is 30.3 Å². The summed E-state index contributed by atoms with van der Waals surface area (Å²) in [5.41, 5.74) is 1.58. The van der Waals surface area contributed by atoms with Gasteiger partial charge < -0.3 is 15.7 Å². The number of aliphatic hydroxyl groups excluding tert-OH is 1. The van der Waals surface area contributed by atoms with Crippen LogP contribution in [0, 0.1) is 11.6 Å². The maximum atomic E-state index is 13.9. The Morgan fingerprint density at radius 3 is 2.50 bits per heavy atom. The summed E-state index contributed by atoms with van der Waals surface area (Å²) in [6, 6.07) is 14.1. The van der Waals surface area contributed by atoms with Gasteiger partial charge in [-0.1, -0.05) is 30.3 Å². The molecule has 1 aromatic heterocycles. The van der Waals surface area contributed by atoms with Crippen LogP contribution in [0.3, 0.4) is 0 Å². The molecular weight excluding hydrogens is 338 g/mol. The lowest BCUT2D eigenvalue weighted by Gasteiger charge is -2.14. The Morgan fingerprint density at radius 2 is 1.81 bits per heavy atom. The molecule has 0 aliphatic rings. The van der Waals surface area contributed by atoms with E-state index in [2.05, 4.69) is 20.6 Å². The molecule has 3 N–H and O–H groups in total. The topological polar surface area (TPSA) is 70.1 Å². The van der Waals surface area contributed by atoms with Gasteiger partial charge >= 0.3 is 0 Å². The first-order valence-electron chi connectivity index (χ1n) is 8.09. The molecule has 0 bridgehead atoms. The highest BCUT2D eigenvalue weighted by atomic mass is 19.1. The molecule has 7 heteroatoms. The third-order valence-electron chi connectivity index (χ3n) is 3.64. The smallest absolute Gasteiger partial charge is 0.225 e. The number of nitrogens with one attached hydrogen (secondary N) is 2. The number of hydrogen-bond acceptors (Lipinski definition) is 5. The molecule has 1 atom stereocenters. The molecule has 2 aromatic carbocycles. The van der Waals surface area contributed by atoms with Gasteiger partial charge in [0, 0.05) is 23.7 Å². The fraction of sp³-hybridized carbons (Fsp3) is 0.158. The predicted octanol–water partition coefficient (Wildman–Crippen LogP) is 3.96. The minimum atomic E-state index is -0.719. The highest BCUT2D eigenvalue weighted by Crippen LogP contribution is 2.25. The highest BCUT2D eigenvalue weighted by molar-refractivity contribution is 5.67. The standard InChI is InChI=1S/C19H18F2N4O/c1-12(11-26)22-19-24-17(13-5-3-2-4-6-13)10-18(25-19)23-16-8-7-14(20)9-15(16)21/h2-10,12,26H,11H2,1H3,(H2,22,23,24,25)/t12-/m0/s1. The summed E-state index contributed by atoms with van der Waals surface area (Å²) < 4.78 is 27.0. The monoisotopic (exact) mass is 356 g/mol. The molecule has 134 valence electrons. The predicted molar refractivity (Wildman–Crippen MR) is 97.3 cm³/mol. The molecule has 0 saturated heterocycles. The van der Waals surface area contributed by atoms with Crippen molar-refractivity contribution in [3.63, 3.8) is 0 Å². The molecule has 0 aliphatic carbocycles. The molecule has 5 nitrogen and oxygen atoms in total. The van der Waals surface area contributed by atoms with Gasteiger partial charge in [-0.25, -0.2) is 13.8 Å². The quantitative estimate of drug-likeness (QED) is 0.624. The van der Waals surface area contributed by atoms with E-state index in [1.54, 1.807) is 13.0 Å². The van der Waals surface area contributed by atoms with E-state index in [-0.39, 0.29) is 24.3 Å². The van der Waals surface area contributed by atoms with Gasteiger partial charge in [-0.2, -0.15) is 4.98 Å². The number of benzene rings is 2. The second-order valence-corrected chi connectivity index (χ2v) is 5.81. The fourth-order valence-corrected chi connectivity index (χ4v) is 2.33. The van der Waals surface area contributed by atoms with Gasteiger partial charge in [0.2, 0.25) is 5.95 Å². The molecule has 1 heterocycles. The van der Waals surface area contributed by atoms with Crippen LogP contribution in [0.4, 0.5) is 26.2 Å². The maximum absolute atomic E-state index is 13.9. The van der Waals surface area contributed by atoms with Crippen molar-refractivity contribution in [1.82, 2.24) is 9.97 Å². The summed E-state index contributed by atoms with van der Waals surface area (Å²) in [7, 11) is 0. The zero-order valence-electron chi connectivity index (χ0n) is 14.1. The second kappa shape index (κ2) is 7.88. The van der Waals surface area contributed by atoms with Gasteiger partial charge in [0.15, 0.2) is 0 Å². The largest absolute Gasteiger partial charge is 0.394 e. The lowest BCUT2D eigenvalue weighted by Crippen LogP contribution is -2.21. The van der Waals surface area contributed by atoms with E-state index in [0.29, 0.717) is 11.5 Å². The average molecular weight is 356 g/mol. The van der Waals surface area contributed by atoms with Crippen LogP contribution in [0.15, 0.2) is 54.6 Å². The average Bonchev–Trinajstić information content (AvgIpc) is 2.64. The van der Waals surface area contributed by atoms with Crippen LogP contribution in [0.25, 0.3) is 11.3 Å². The van der Waals surface area contributed by atoms with Crippen LogP contribution in [0.2, 0.25) is 0 Å². The van der Waals surface area contributed by atoms with Gasteiger partial charge in [-0.05, 0) is 19.1 Å². The van der Waals surface area contributed by atoms with Crippen molar-refractivity contribution in [2.45, 2.75) is 13.0 Å². The number of halogens is 2. The number of rotatable bonds is 6. The third-order valence-corrected chi connectivity index (χ3v) is 3.64. The first-order chi connectivity index (χ1) is 12.5. The first kappa shape index (κ1) is 17.8. The first-order valence-corrected chi connectivity index (χ1v) is 8.09. The summed E-state index contributed by atoms with van der Waals surface area (Å²) in [4.78, 5) is 8.74. The fourth-order valence-electron chi connectivity index (χ4n) is 2.33. The summed E-state index contributed by atoms with van der Waals surface area (Å²) >= 11 is 0. The summed E-state index contributed by atoms with van der Waals surface area (Å²) in [6.45, 7) is 1.69. The van der Waals surface area contributed by atoms with E-state index in [1.165, 1.54) is 6.07 Å². The minimum Gasteiger partial charge on any atom is -0.394 e. The van der Waals surface area contributed by atoms with Gasteiger partial charge in [0.05, 0.1) is 18.0 Å². The van der Waals surface area contributed by atoms with E-state index < -0.39 is 11.6 Å². The molecule has 0 unspecified atom stereocenters. The Hall–Kier alpha value is -3.06. The zero-order valence-corrected chi connectivity index (χ0v) is 14.1. The normalized spacial score (nSPS) is 11.8. The molecule has 0 fully saturated rings. The van der Waals surface area contributed by atoms with Gasteiger partial charge in [0.1, 0.15) is 17.5 Å². The molecule has 0 amide bonds. The minimum absolute atomic E-state index is 0.0890. The molecule has 0 aliphatic heterocycles. The van der Waals surface area contributed by atoms with Crippen LogP contribution in [-0.2, 0) is 0 Å². The van der Waals surface area contributed by atoms with Crippen molar-refractivity contribution >= 4 is 17.5 Å². The highest BCUT2D eigenvalue weighted by Gasteiger charge is 2.11. The second-order valence-electron chi connectivity index (χ2n) is 5.81. The van der Waals surface area contributed by atoms with Gasteiger partial charge in [-0.3, -0.25) is 0 Å². The van der Waals surface area contributed by atoms with Gasteiger partial charge in [0.25, 0.3) is 0 Å². The van der Waals surface area contributed by atoms with Crippen molar-refractivity contribution < 1.29 is 13.9 Å². The van der Waals surface area contributed by atoms with Crippen molar-refractivity contribution in [2.75, 3.05) is 17.2 Å². The Kier molecular flexibility index (Phi) is 5.38. The number of aromatic nitrogens is 2. The van der Waals surface area contributed by atoms with Crippen LogP contribution < -0.4 is 10.6 Å². The SMILES string of the molecule is C[C@@H](CO)Nc1nc(Nc2ccc(F)cc2F)cc(-c2ccccc2)n1. The Balaban J connectivity index is 1.98. The number of aliphatic hydroxyl groups is 1. The van der Waals surface area contributed by atoms with Crippen molar-refractivity contribution in [1.29, 1.82) is 0 Å².